The first kappa shape index (κ1) is 15.5. The van der Waals surface area contributed by atoms with Crippen molar-refractivity contribution in [1.29, 1.82) is 0 Å². The van der Waals surface area contributed by atoms with Crippen LogP contribution in [0.15, 0.2) is 12.1 Å². The Kier molecular flexibility index (Phi) is 5.92. The summed E-state index contributed by atoms with van der Waals surface area (Å²) in [7, 11) is 1.45. The molecule has 0 radical (unpaired) electrons. The largest absolute Gasteiger partial charge is 1.00 e. The van der Waals surface area contributed by atoms with E-state index in [4.69, 9.17) is 4.74 Å². The summed E-state index contributed by atoms with van der Waals surface area (Å²) in [6, 6.07) is 2.23. The van der Waals surface area contributed by atoms with Crippen molar-refractivity contribution in [3.63, 3.8) is 0 Å². The Morgan fingerprint density at radius 1 is 1.07 bits per heavy atom. The molecule has 0 bridgehead atoms. The predicted molar refractivity (Wildman–Crippen MR) is 51.2 cm³/mol. The zero-order chi connectivity index (χ0) is 10.9. The van der Waals surface area contributed by atoms with Crippen LogP contribution in [0.25, 0.3) is 0 Å². The van der Waals surface area contributed by atoms with Gasteiger partial charge in [-0.1, -0.05) is 12.1 Å². The number of benzene rings is 1. The molecule has 1 nitrogen and oxygen atoms in total. The second-order valence-electron chi connectivity index (χ2n) is 3.26. The van der Waals surface area contributed by atoms with Gasteiger partial charge in [0, 0.05) is 0 Å². The molecule has 0 aliphatic heterocycles. The number of aryl methyl sites for hydroxylation is 2. The van der Waals surface area contributed by atoms with Crippen molar-refractivity contribution in [2.24, 2.45) is 0 Å². The SMILES string of the molecule is COc1c(C)cc([B-](F)(F)F)cc1C.[K+]. The Hall–Kier alpha value is 0.511. The smallest absolute Gasteiger partial charge is 0.496 e. The molecule has 0 atom stereocenters. The van der Waals surface area contributed by atoms with E-state index < -0.39 is 12.4 Å². The molecule has 0 aliphatic rings. The van der Waals surface area contributed by atoms with E-state index in [1.54, 1.807) is 13.8 Å². The molecule has 0 saturated carbocycles. The van der Waals surface area contributed by atoms with E-state index in [0.717, 1.165) is 12.1 Å². The van der Waals surface area contributed by atoms with Crippen molar-refractivity contribution >= 4 is 12.4 Å². The molecule has 0 amide bonds. The van der Waals surface area contributed by atoms with Gasteiger partial charge in [0.1, 0.15) is 5.75 Å². The van der Waals surface area contributed by atoms with E-state index in [-0.39, 0.29) is 51.4 Å². The zero-order valence-corrected chi connectivity index (χ0v) is 12.4. The maximum atomic E-state index is 12.4. The molecule has 0 unspecified atom stereocenters. The summed E-state index contributed by atoms with van der Waals surface area (Å²) >= 11 is 0. The molecule has 15 heavy (non-hydrogen) atoms. The van der Waals surface area contributed by atoms with Gasteiger partial charge in [0.15, 0.2) is 0 Å². The maximum absolute atomic E-state index is 12.4. The molecule has 78 valence electrons. The van der Waals surface area contributed by atoms with Crippen LogP contribution in [-0.2, 0) is 0 Å². The summed E-state index contributed by atoms with van der Waals surface area (Å²) in [6.07, 6.45) is 0. The Labute approximate surface area is 130 Å². The van der Waals surface area contributed by atoms with Crippen molar-refractivity contribution in [1.82, 2.24) is 0 Å². The fourth-order valence-electron chi connectivity index (χ4n) is 1.49. The van der Waals surface area contributed by atoms with Crippen molar-refractivity contribution in [3.05, 3.63) is 23.3 Å². The van der Waals surface area contributed by atoms with Gasteiger partial charge in [-0.2, -0.15) is 0 Å². The Balaban J connectivity index is 0.00000196. The molecule has 0 saturated heterocycles. The molecule has 6 heteroatoms. The Bertz CT molecular complexity index is 329. The molecule has 1 aromatic rings. The van der Waals surface area contributed by atoms with Crippen LogP contribution in [0.2, 0.25) is 0 Å². The van der Waals surface area contributed by atoms with Crippen LogP contribution in [0.3, 0.4) is 0 Å². The van der Waals surface area contributed by atoms with Crippen LogP contribution in [0.1, 0.15) is 11.1 Å². The first-order chi connectivity index (χ1) is 6.36. The fraction of sp³-hybridized carbons (Fsp3) is 0.333. The summed E-state index contributed by atoms with van der Waals surface area (Å²) in [4.78, 5) is 0. The minimum absolute atomic E-state index is 0. The van der Waals surface area contributed by atoms with Gasteiger partial charge >= 0.3 is 58.4 Å². The van der Waals surface area contributed by atoms with E-state index in [1.807, 2.05) is 0 Å². The summed E-state index contributed by atoms with van der Waals surface area (Å²) in [6.45, 7) is -1.70. The minimum Gasteiger partial charge on any atom is -0.496 e. The van der Waals surface area contributed by atoms with E-state index in [2.05, 4.69) is 0 Å². The third-order valence-electron chi connectivity index (χ3n) is 2.06. The van der Waals surface area contributed by atoms with Gasteiger partial charge in [-0.3, -0.25) is 0 Å². The van der Waals surface area contributed by atoms with E-state index in [9.17, 15) is 12.9 Å². The first-order valence-electron chi connectivity index (χ1n) is 4.21. The molecule has 0 aromatic heterocycles. The predicted octanol–water partition coefficient (Wildman–Crippen LogP) is -0.630. The normalized spacial score (nSPS) is 10.8. The second kappa shape index (κ2) is 5.72. The monoisotopic (exact) mass is 242 g/mol. The average Bonchev–Trinajstić information content (AvgIpc) is 2.01. The summed E-state index contributed by atoms with van der Waals surface area (Å²) < 4.78 is 42.2. The molecule has 1 aromatic carbocycles. The number of halogens is 3. The third kappa shape index (κ3) is 3.78. The maximum Gasteiger partial charge on any atom is 1.00 e. The van der Waals surface area contributed by atoms with Crippen molar-refractivity contribution in [2.75, 3.05) is 7.11 Å². The Morgan fingerprint density at radius 3 is 1.73 bits per heavy atom. The minimum atomic E-state index is -4.92. The van der Waals surface area contributed by atoms with Crippen molar-refractivity contribution < 1.29 is 69.1 Å². The van der Waals surface area contributed by atoms with Crippen LogP contribution >= 0.6 is 0 Å². The third-order valence-corrected chi connectivity index (χ3v) is 2.06. The molecule has 0 spiro atoms. The van der Waals surface area contributed by atoms with Gasteiger partial charge in [-0.15, -0.1) is 5.46 Å². The molecule has 1 rings (SSSR count). The van der Waals surface area contributed by atoms with Gasteiger partial charge < -0.3 is 17.7 Å². The van der Waals surface area contributed by atoms with E-state index in [0.29, 0.717) is 16.9 Å². The average molecular weight is 242 g/mol. The number of hydrogen-bond donors (Lipinski definition) is 0. The topological polar surface area (TPSA) is 9.23 Å². The number of rotatable bonds is 2. The molecule has 0 fully saturated rings. The van der Waals surface area contributed by atoms with Gasteiger partial charge in [0.2, 0.25) is 0 Å². The van der Waals surface area contributed by atoms with Crippen LogP contribution in [0.4, 0.5) is 12.9 Å². The van der Waals surface area contributed by atoms with E-state index in [1.165, 1.54) is 7.11 Å². The summed E-state index contributed by atoms with van der Waals surface area (Å²) in [5, 5.41) is 0. The number of ether oxygens (including phenoxy) is 1. The van der Waals surface area contributed by atoms with Gasteiger partial charge in [0.05, 0.1) is 7.11 Å². The van der Waals surface area contributed by atoms with Crippen LogP contribution in [0.5, 0.6) is 5.75 Å². The van der Waals surface area contributed by atoms with Crippen LogP contribution in [0, 0.1) is 13.8 Å². The zero-order valence-electron chi connectivity index (χ0n) is 9.27. The first-order valence-corrected chi connectivity index (χ1v) is 4.21. The molecule has 0 heterocycles. The molecule has 0 N–H and O–H groups in total. The van der Waals surface area contributed by atoms with Crippen LogP contribution in [-0.4, -0.2) is 14.1 Å². The standard InChI is InChI=1S/C9H11BF3O.K/c1-6-4-8(10(11,12)13)5-7(2)9(6)14-3;/h4-5H,1-3H3;/q-1;+1. The fourth-order valence-corrected chi connectivity index (χ4v) is 1.49. The van der Waals surface area contributed by atoms with E-state index >= 15 is 0 Å². The summed E-state index contributed by atoms with van der Waals surface area (Å²) in [5.74, 6) is 0.522. The molecule has 0 aliphatic carbocycles. The molecular formula is C9H11BF3KO. The molecular weight excluding hydrogens is 231 g/mol. The van der Waals surface area contributed by atoms with Crippen molar-refractivity contribution in [3.8, 4) is 5.75 Å². The Morgan fingerprint density at radius 2 is 1.47 bits per heavy atom. The van der Waals surface area contributed by atoms with Crippen molar-refractivity contribution in [2.45, 2.75) is 13.8 Å². The van der Waals surface area contributed by atoms with Gasteiger partial charge in [-0.05, 0) is 25.0 Å². The number of hydrogen-bond acceptors (Lipinski definition) is 1. The quantitative estimate of drug-likeness (QED) is 0.627. The number of methoxy groups -OCH3 is 1. The van der Waals surface area contributed by atoms with Gasteiger partial charge in [-0.25, -0.2) is 0 Å². The van der Waals surface area contributed by atoms with Crippen LogP contribution < -0.4 is 61.6 Å². The second-order valence-corrected chi connectivity index (χ2v) is 3.26. The summed E-state index contributed by atoms with van der Waals surface area (Å²) in [5.41, 5.74) is 0.462. The van der Waals surface area contributed by atoms with Gasteiger partial charge in [0.25, 0.3) is 0 Å².